The minimum Gasteiger partial charge on any atom is -0.489 e. The number of nitrogens with one attached hydrogen (secondary N) is 1. The molecule has 0 amide bonds. The molecule has 0 aliphatic heterocycles. The molecule has 0 saturated carbocycles. The Hall–Kier alpha value is -1.42. The normalized spacial score (nSPS) is 10.8. The average molecular weight is 209 g/mol. The SMILES string of the molecule is CC(C)Oc1cc(NN(C)C)ccc1N. The fraction of sp³-hybridized carbons (Fsp3) is 0.455. The number of rotatable bonds is 4. The summed E-state index contributed by atoms with van der Waals surface area (Å²) in [5.74, 6) is 0.719. The summed E-state index contributed by atoms with van der Waals surface area (Å²) in [4.78, 5) is 0. The maximum absolute atomic E-state index is 5.80. The van der Waals surface area contributed by atoms with Crippen molar-refractivity contribution in [3.63, 3.8) is 0 Å². The van der Waals surface area contributed by atoms with Gasteiger partial charge in [-0.25, -0.2) is 5.01 Å². The zero-order valence-corrected chi connectivity index (χ0v) is 9.74. The van der Waals surface area contributed by atoms with Gasteiger partial charge in [0, 0.05) is 20.2 Å². The molecule has 1 rings (SSSR count). The minimum atomic E-state index is 0.127. The van der Waals surface area contributed by atoms with Crippen molar-refractivity contribution in [3.8, 4) is 5.75 Å². The monoisotopic (exact) mass is 209 g/mol. The summed E-state index contributed by atoms with van der Waals surface area (Å²) in [5.41, 5.74) is 10.6. The zero-order chi connectivity index (χ0) is 11.4. The highest BCUT2D eigenvalue weighted by atomic mass is 16.5. The van der Waals surface area contributed by atoms with Gasteiger partial charge in [0.15, 0.2) is 0 Å². The van der Waals surface area contributed by atoms with Crippen LogP contribution in [0.4, 0.5) is 11.4 Å². The molecule has 0 unspecified atom stereocenters. The van der Waals surface area contributed by atoms with Crippen molar-refractivity contribution in [1.29, 1.82) is 0 Å². The molecule has 0 atom stereocenters. The molecule has 0 aliphatic rings. The van der Waals surface area contributed by atoms with Crippen LogP contribution < -0.4 is 15.9 Å². The number of anilines is 2. The molecule has 0 bridgehead atoms. The van der Waals surface area contributed by atoms with Crippen LogP contribution in [0.2, 0.25) is 0 Å². The fourth-order valence-electron chi connectivity index (χ4n) is 1.22. The first-order valence-corrected chi connectivity index (χ1v) is 4.99. The Kier molecular flexibility index (Phi) is 3.80. The molecule has 0 fully saturated rings. The number of nitrogen functional groups attached to an aromatic ring is 1. The van der Waals surface area contributed by atoms with Crippen molar-refractivity contribution in [2.24, 2.45) is 0 Å². The van der Waals surface area contributed by atoms with Crippen LogP contribution in [0.5, 0.6) is 5.75 Å². The van der Waals surface area contributed by atoms with Gasteiger partial charge in [-0.3, -0.25) is 0 Å². The van der Waals surface area contributed by atoms with Crippen LogP contribution in [0.1, 0.15) is 13.8 Å². The average Bonchev–Trinajstić information content (AvgIpc) is 2.09. The zero-order valence-electron chi connectivity index (χ0n) is 9.74. The molecule has 0 aromatic heterocycles. The van der Waals surface area contributed by atoms with E-state index in [9.17, 15) is 0 Å². The van der Waals surface area contributed by atoms with Gasteiger partial charge in [0.25, 0.3) is 0 Å². The molecule has 15 heavy (non-hydrogen) atoms. The van der Waals surface area contributed by atoms with Gasteiger partial charge in [-0.15, -0.1) is 0 Å². The third kappa shape index (κ3) is 3.67. The lowest BCUT2D eigenvalue weighted by molar-refractivity contribution is 0.244. The van der Waals surface area contributed by atoms with Crippen LogP contribution in [0, 0.1) is 0 Å². The Morgan fingerprint density at radius 2 is 2.00 bits per heavy atom. The molecule has 1 aromatic carbocycles. The van der Waals surface area contributed by atoms with Crippen LogP contribution in [-0.4, -0.2) is 25.2 Å². The van der Waals surface area contributed by atoms with Gasteiger partial charge in [0.2, 0.25) is 0 Å². The van der Waals surface area contributed by atoms with E-state index in [1.165, 1.54) is 0 Å². The third-order valence-electron chi connectivity index (χ3n) is 1.73. The van der Waals surface area contributed by atoms with E-state index in [0.29, 0.717) is 5.69 Å². The highest BCUT2D eigenvalue weighted by Gasteiger charge is 2.04. The van der Waals surface area contributed by atoms with E-state index in [1.807, 2.05) is 51.2 Å². The van der Waals surface area contributed by atoms with Crippen molar-refractivity contribution < 1.29 is 4.74 Å². The van der Waals surface area contributed by atoms with Crippen LogP contribution in [0.3, 0.4) is 0 Å². The highest BCUT2D eigenvalue weighted by Crippen LogP contribution is 2.26. The Balaban J connectivity index is 2.85. The van der Waals surface area contributed by atoms with Crippen LogP contribution in [0.15, 0.2) is 18.2 Å². The second-order valence-corrected chi connectivity index (χ2v) is 3.93. The Morgan fingerprint density at radius 3 is 2.53 bits per heavy atom. The third-order valence-corrected chi connectivity index (χ3v) is 1.73. The smallest absolute Gasteiger partial charge is 0.144 e. The maximum atomic E-state index is 5.80. The number of hydrazine groups is 1. The number of hydrogen-bond acceptors (Lipinski definition) is 4. The Morgan fingerprint density at radius 1 is 1.33 bits per heavy atom. The lowest BCUT2D eigenvalue weighted by atomic mass is 10.2. The summed E-state index contributed by atoms with van der Waals surface area (Å²) >= 11 is 0. The number of ether oxygens (including phenoxy) is 1. The topological polar surface area (TPSA) is 50.5 Å². The molecule has 84 valence electrons. The summed E-state index contributed by atoms with van der Waals surface area (Å²) in [7, 11) is 3.86. The summed E-state index contributed by atoms with van der Waals surface area (Å²) in [6.07, 6.45) is 0.127. The number of nitrogens with two attached hydrogens (primary N) is 1. The second-order valence-electron chi connectivity index (χ2n) is 3.93. The molecule has 0 radical (unpaired) electrons. The van der Waals surface area contributed by atoms with Gasteiger partial charge in [0.1, 0.15) is 5.75 Å². The van der Waals surface area contributed by atoms with E-state index in [4.69, 9.17) is 10.5 Å². The van der Waals surface area contributed by atoms with Crippen molar-refractivity contribution in [3.05, 3.63) is 18.2 Å². The van der Waals surface area contributed by atoms with Crippen LogP contribution >= 0.6 is 0 Å². The van der Waals surface area contributed by atoms with E-state index in [0.717, 1.165) is 11.4 Å². The van der Waals surface area contributed by atoms with E-state index < -0.39 is 0 Å². The minimum absolute atomic E-state index is 0.127. The number of hydrogen-bond donors (Lipinski definition) is 2. The predicted octanol–water partition coefficient (Wildman–Crippen LogP) is 1.94. The van der Waals surface area contributed by atoms with Crippen molar-refractivity contribution in [1.82, 2.24) is 5.01 Å². The quantitative estimate of drug-likeness (QED) is 0.588. The second kappa shape index (κ2) is 4.89. The first-order chi connectivity index (χ1) is 6.99. The van der Waals surface area contributed by atoms with E-state index in [2.05, 4.69) is 5.43 Å². The standard InChI is InChI=1S/C11H19N3O/c1-8(2)15-11-7-9(13-14(3)4)5-6-10(11)12/h5-8,13H,12H2,1-4H3. The lowest BCUT2D eigenvalue weighted by Gasteiger charge is -2.17. The fourth-order valence-corrected chi connectivity index (χ4v) is 1.22. The van der Waals surface area contributed by atoms with Crippen molar-refractivity contribution >= 4 is 11.4 Å². The van der Waals surface area contributed by atoms with Gasteiger partial charge >= 0.3 is 0 Å². The summed E-state index contributed by atoms with van der Waals surface area (Å²) < 4.78 is 5.58. The van der Waals surface area contributed by atoms with E-state index in [-0.39, 0.29) is 6.10 Å². The van der Waals surface area contributed by atoms with Gasteiger partial charge in [0.05, 0.1) is 17.5 Å². The molecular weight excluding hydrogens is 190 g/mol. The summed E-state index contributed by atoms with van der Waals surface area (Å²) in [6.45, 7) is 3.96. The summed E-state index contributed by atoms with van der Waals surface area (Å²) in [6, 6.07) is 5.65. The van der Waals surface area contributed by atoms with Gasteiger partial charge < -0.3 is 15.9 Å². The molecular formula is C11H19N3O. The largest absolute Gasteiger partial charge is 0.489 e. The van der Waals surface area contributed by atoms with Gasteiger partial charge in [-0.1, -0.05) is 0 Å². The number of benzene rings is 1. The number of nitrogens with zero attached hydrogens (tertiary/aromatic N) is 1. The maximum Gasteiger partial charge on any atom is 0.144 e. The Labute approximate surface area is 91.0 Å². The highest BCUT2D eigenvalue weighted by molar-refractivity contribution is 5.61. The van der Waals surface area contributed by atoms with Crippen molar-refractivity contribution in [2.75, 3.05) is 25.3 Å². The summed E-state index contributed by atoms with van der Waals surface area (Å²) in [5, 5.41) is 1.87. The first kappa shape index (κ1) is 11.7. The molecule has 4 heteroatoms. The van der Waals surface area contributed by atoms with Gasteiger partial charge in [-0.05, 0) is 26.0 Å². The molecule has 4 nitrogen and oxygen atoms in total. The van der Waals surface area contributed by atoms with E-state index >= 15 is 0 Å². The predicted molar refractivity (Wildman–Crippen MR) is 63.9 cm³/mol. The Bertz CT molecular complexity index is 324. The van der Waals surface area contributed by atoms with Crippen LogP contribution in [0.25, 0.3) is 0 Å². The molecule has 0 saturated heterocycles. The lowest BCUT2D eigenvalue weighted by Crippen LogP contribution is -2.19. The first-order valence-electron chi connectivity index (χ1n) is 4.99. The molecule has 0 heterocycles. The van der Waals surface area contributed by atoms with E-state index in [1.54, 1.807) is 0 Å². The van der Waals surface area contributed by atoms with Gasteiger partial charge in [-0.2, -0.15) is 0 Å². The molecule has 1 aromatic rings. The molecule has 0 spiro atoms. The molecule has 0 aliphatic carbocycles. The molecule has 3 N–H and O–H groups in total. The van der Waals surface area contributed by atoms with Crippen LogP contribution in [-0.2, 0) is 0 Å². The van der Waals surface area contributed by atoms with Crippen molar-refractivity contribution in [2.45, 2.75) is 20.0 Å².